The van der Waals surface area contributed by atoms with Crippen molar-refractivity contribution in [1.82, 2.24) is 20.3 Å². The van der Waals surface area contributed by atoms with E-state index in [0.29, 0.717) is 19.4 Å². The summed E-state index contributed by atoms with van der Waals surface area (Å²) < 4.78 is 1.62. The third kappa shape index (κ3) is 2.98. The summed E-state index contributed by atoms with van der Waals surface area (Å²) in [6.07, 6.45) is 4.95. The minimum absolute atomic E-state index is 0.248. The molecule has 1 heterocycles. The fourth-order valence-corrected chi connectivity index (χ4v) is 2.77. The zero-order valence-electron chi connectivity index (χ0n) is 12.2. The zero-order chi connectivity index (χ0) is 15.4. The van der Waals surface area contributed by atoms with Gasteiger partial charge in [-0.25, -0.2) is 4.68 Å². The molecule has 1 amide bonds. The molecule has 2 aromatic rings. The molecule has 0 saturated heterocycles. The van der Waals surface area contributed by atoms with Crippen LogP contribution in [0.2, 0.25) is 0 Å². The number of benzene rings is 1. The molecule has 3 rings (SSSR count). The molecule has 1 aliphatic rings. The van der Waals surface area contributed by atoms with E-state index in [1.54, 1.807) is 10.9 Å². The molecular weight excluding hydrogens is 278 g/mol. The third-order valence-corrected chi connectivity index (χ3v) is 3.98. The van der Waals surface area contributed by atoms with Gasteiger partial charge in [0, 0.05) is 0 Å². The Hall–Kier alpha value is -2.68. The van der Waals surface area contributed by atoms with Crippen molar-refractivity contribution < 1.29 is 4.79 Å². The summed E-state index contributed by atoms with van der Waals surface area (Å²) in [5, 5.41) is 20.0. The minimum Gasteiger partial charge on any atom is -0.332 e. The molecule has 6 heteroatoms. The van der Waals surface area contributed by atoms with E-state index in [9.17, 15) is 10.1 Å². The summed E-state index contributed by atoms with van der Waals surface area (Å²) in [5.41, 5.74) is 0.599. The van der Waals surface area contributed by atoms with Gasteiger partial charge in [0.1, 0.15) is 5.54 Å². The van der Waals surface area contributed by atoms with E-state index in [2.05, 4.69) is 21.7 Å². The molecule has 0 bridgehead atoms. The molecule has 1 aromatic heterocycles. The second kappa shape index (κ2) is 5.98. The number of nitrogens with one attached hydrogen (secondary N) is 1. The number of rotatable bonds is 4. The maximum absolute atomic E-state index is 12.3. The quantitative estimate of drug-likeness (QED) is 0.933. The van der Waals surface area contributed by atoms with Crippen LogP contribution in [0.4, 0.5) is 0 Å². The van der Waals surface area contributed by atoms with Gasteiger partial charge in [0.25, 0.3) is 5.91 Å². The van der Waals surface area contributed by atoms with Crippen molar-refractivity contribution in [1.29, 1.82) is 5.26 Å². The van der Waals surface area contributed by atoms with Crippen molar-refractivity contribution in [3.05, 3.63) is 47.8 Å². The normalized spacial score (nSPS) is 16.1. The molecule has 1 saturated carbocycles. The summed E-state index contributed by atoms with van der Waals surface area (Å²) in [5.74, 6) is -0.331. The first-order chi connectivity index (χ1) is 10.7. The van der Waals surface area contributed by atoms with Crippen LogP contribution in [-0.4, -0.2) is 26.4 Å². The largest absolute Gasteiger partial charge is 0.332 e. The summed E-state index contributed by atoms with van der Waals surface area (Å²) in [4.78, 5) is 12.3. The molecule has 112 valence electrons. The SMILES string of the molecule is N#CC1(NC(=O)c2cn(Cc3ccccc3)nn2)CCCC1. The van der Waals surface area contributed by atoms with Crippen LogP contribution in [0.5, 0.6) is 0 Å². The lowest BCUT2D eigenvalue weighted by Crippen LogP contribution is -2.45. The Morgan fingerprint density at radius 3 is 2.73 bits per heavy atom. The smallest absolute Gasteiger partial charge is 0.274 e. The lowest BCUT2D eigenvalue weighted by Gasteiger charge is -2.20. The number of amides is 1. The molecule has 0 unspecified atom stereocenters. The first-order valence-electron chi connectivity index (χ1n) is 7.39. The zero-order valence-corrected chi connectivity index (χ0v) is 12.2. The molecule has 0 aliphatic heterocycles. The molecule has 1 aliphatic carbocycles. The predicted molar refractivity (Wildman–Crippen MR) is 79.8 cm³/mol. The van der Waals surface area contributed by atoms with E-state index in [4.69, 9.17) is 0 Å². The van der Waals surface area contributed by atoms with Crippen LogP contribution in [0.25, 0.3) is 0 Å². The van der Waals surface area contributed by atoms with Gasteiger partial charge in [-0.05, 0) is 31.2 Å². The number of hydrogen-bond acceptors (Lipinski definition) is 4. The highest BCUT2D eigenvalue weighted by Crippen LogP contribution is 2.29. The van der Waals surface area contributed by atoms with Gasteiger partial charge < -0.3 is 5.32 Å². The first kappa shape index (κ1) is 14.3. The van der Waals surface area contributed by atoms with Crippen LogP contribution < -0.4 is 5.32 Å². The summed E-state index contributed by atoms with van der Waals surface area (Å²) in [6.45, 7) is 0.560. The van der Waals surface area contributed by atoms with Gasteiger partial charge in [-0.3, -0.25) is 4.79 Å². The topological polar surface area (TPSA) is 83.6 Å². The van der Waals surface area contributed by atoms with Gasteiger partial charge in [0.2, 0.25) is 0 Å². The lowest BCUT2D eigenvalue weighted by molar-refractivity contribution is 0.0915. The van der Waals surface area contributed by atoms with E-state index in [1.807, 2.05) is 30.3 Å². The van der Waals surface area contributed by atoms with Gasteiger partial charge in [-0.15, -0.1) is 5.10 Å². The molecule has 1 aromatic carbocycles. The van der Waals surface area contributed by atoms with E-state index in [0.717, 1.165) is 18.4 Å². The van der Waals surface area contributed by atoms with Gasteiger partial charge in [0.05, 0.1) is 18.8 Å². The minimum atomic E-state index is -0.736. The maximum atomic E-state index is 12.3. The van der Waals surface area contributed by atoms with E-state index >= 15 is 0 Å². The molecule has 0 radical (unpaired) electrons. The van der Waals surface area contributed by atoms with Crippen LogP contribution >= 0.6 is 0 Å². The Morgan fingerprint density at radius 2 is 2.05 bits per heavy atom. The van der Waals surface area contributed by atoms with Gasteiger partial charge in [-0.1, -0.05) is 35.5 Å². The number of nitriles is 1. The number of hydrogen-bond donors (Lipinski definition) is 1. The Bertz CT molecular complexity index is 695. The average molecular weight is 295 g/mol. The standard InChI is InChI=1S/C16H17N5O/c17-12-16(8-4-5-9-16)18-15(22)14-11-21(20-19-14)10-13-6-2-1-3-7-13/h1-3,6-7,11H,4-5,8-10H2,(H,18,22). The Morgan fingerprint density at radius 1 is 1.32 bits per heavy atom. The molecule has 0 spiro atoms. The highest BCUT2D eigenvalue weighted by molar-refractivity contribution is 5.92. The van der Waals surface area contributed by atoms with Crippen LogP contribution in [0.1, 0.15) is 41.7 Å². The predicted octanol–water partition coefficient (Wildman–Crippen LogP) is 1.89. The lowest BCUT2D eigenvalue weighted by atomic mass is 10.00. The molecule has 0 atom stereocenters. The van der Waals surface area contributed by atoms with Crippen molar-refractivity contribution in [2.24, 2.45) is 0 Å². The van der Waals surface area contributed by atoms with Crippen molar-refractivity contribution in [3.8, 4) is 6.07 Å². The second-order valence-electron chi connectivity index (χ2n) is 5.64. The highest BCUT2D eigenvalue weighted by atomic mass is 16.2. The van der Waals surface area contributed by atoms with Crippen molar-refractivity contribution >= 4 is 5.91 Å². The van der Waals surface area contributed by atoms with E-state index in [-0.39, 0.29) is 11.6 Å². The van der Waals surface area contributed by atoms with Crippen LogP contribution in [0, 0.1) is 11.3 Å². The molecule has 1 fully saturated rings. The summed E-state index contributed by atoms with van der Waals surface area (Å²) in [7, 11) is 0. The summed E-state index contributed by atoms with van der Waals surface area (Å²) >= 11 is 0. The fraction of sp³-hybridized carbons (Fsp3) is 0.375. The Labute approximate surface area is 128 Å². The highest BCUT2D eigenvalue weighted by Gasteiger charge is 2.36. The Kier molecular flexibility index (Phi) is 3.88. The number of carbonyl (C=O) groups excluding carboxylic acids is 1. The van der Waals surface area contributed by atoms with E-state index in [1.165, 1.54) is 0 Å². The van der Waals surface area contributed by atoms with E-state index < -0.39 is 5.54 Å². The third-order valence-electron chi connectivity index (χ3n) is 3.98. The van der Waals surface area contributed by atoms with Crippen LogP contribution in [0.3, 0.4) is 0 Å². The Balaban J connectivity index is 1.68. The molecular formula is C16H17N5O. The first-order valence-corrected chi connectivity index (χ1v) is 7.39. The van der Waals surface area contributed by atoms with Gasteiger partial charge >= 0.3 is 0 Å². The van der Waals surface area contributed by atoms with Crippen molar-refractivity contribution in [2.75, 3.05) is 0 Å². The van der Waals surface area contributed by atoms with Crippen molar-refractivity contribution in [2.45, 2.75) is 37.8 Å². The number of aromatic nitrogens is 3. The van der Waals surface area contributed by atoms with Crippen LogP contribution in [-0.2, 0) is 6.54 Å². The van der Waals surface area contributed by atoms with Crippen molar-refractivity contribution in [3.63, 3.8) is 0 Å². The molecule has 6 nitrogen and oxygen atoms in total. The summed E-state index contributed by atoms with van der Waals surface area (Å²) in [6, 6.07) is 12.1. The molecule has 1 N–H and O–H groups in total. The second-order valence-corrected chi connectivity index (χ2v) is 5.64. The molecule has 22 heavy (non-hydrogen) atoms. The maximum Gasteiger partial charge on any atom is 0.274 e. The fourth-order valence-electron chi connectivity index (χ4n) is 2.77. The number of carbonyl (C=O) groups is 1. The van der Waals surface area contributed by atoms with Crippen LogP contribution in [0.15, 0.2) is 36.5 Å². The monoisotopic (exact) mass is 295 g/mol. The average Bonchev–Trinajstić information content (AvgIpc) is 3.18. The number of nitrogens with zero attached hydrogens (tertiary/aromatic N) is 4. The van der Waals surface area contributed by atoms with Gasteiger partial charge in [-0.2, -0.15) is 5.26 Å². The van der Waals surface area contributed by atoms with Gasteiger partial charge in [0.15, 0.2) is 5.69 Å².